The van der Waals surface area contributed by atoms with E-state index in [1.807, 2.05) is 12.3 Å². The molecule has 0 saturated carbocycles. The minimum Gasteiger partial charge on any atom is -0.349 e. The predicted molar refractivity (Wildman–Crippen MR) is 108 cm³/mol. The second kappa shape index (κ2) is 8.51. The topological polar surface area (TPSA) is 63.5 Å². The highest BCUT2D eigenvalue weighted by Crippen LogP contribution is 2.15. The molecule has 0 radical (unpaired) electrons. The van der Waals surface area contributed by atoms with Crippen molar-refractivity contribution in [1.82, 2.24) is 14.7 Å². The van der Waals surface area contributed by atoms with Gasteiger partial charge in [0.2, 0.25) is 5.91 Å². The molecule has 5 nitrogen and oxygen atoms in total. The van der Waals surface area contributed by atoms with Crippen LogP contribution in [0.15, 0.2) is 46.7 Å². The van der Waals surface area contributed by atoms with Crippen molar-refractivity contribution in [3.8, 4) is 0 Å². The maximum absolute atomic E-state index is 12.2. The third kappa shape index (κ3) is 4.53. The quantitative estimate of drug-likeness (QED) is 0.675. The summed E-state index contributed by atoms with van der Waals surface area (Å²) in [6.45, 7) is 4.10. The molecule has 1 unspecified atom stereocenters. The lowest BCUT2D eigenvalue weighted by molar-refractivity contribution is -0.119. The van der Waals surface area contributed by atoms with E-state index in [1.54, 1.807) is 6.20 Å². The number of carbonyl (C=O) groups is 1. The van der Waals surface area contributed by atoms with E-state index in [4.69, 9.17) is 0 Å². The summed E-state index contributed by atoms with van der Waals surface area (Å²) in [4.78, 5) is 29.2. The summed E-state index contributed by atoms with van der Waals surface area (Å²) in [5.74, 6) is 0.857. The smallest absolute Gasteiger partial charge is 0.258 e. The molecular formula is C19H21N3O2S2. The molecule has 136 valence electrons. The molecule has 1 amide bonds. The van der Waals surface area contributed by atoms with Gasteiger partial charge in [-0.25, -0.2) is 4.98 Å². The fourth-order valence-corrected chi connectivity index (χ4v) is 4.09. The number of aromatic nitrogens is 2. The summed E-state index contributed by atoms with van der Waals surface area (Å²) >= 11 is 2.89. The van der Waals surface area contributed by atoms with Crippen LogP contribution in [0.2, 0.25) is 0 Å². The van der Waals surface area contributed by atoms with Crippen LogP contribution in [0.5, 0.6) is 0 Å². The lowest BCUT2D eigenvalue weighted by Gasteiger charge is -2.14. The van der Waals surface area contributed by atoms with Crippen molar-refractivity contribution in [1.29, 1.82) is 0 Å². The Balaban J connectivity index is 1.50. The van der Waals surface area contributed by atoms with Crippen molar-refractivity contribution < 1.29 is 4.79 Å². The lowest BCUT2D eigenvalue weighted by atomic mass is 10.1. The molecule has 1 aromatic carbocycles. The summed E-state index contributed by atoms with van der Waals surface area (Å²) in [7, 11) is 0. The van der Waals surface area contributed by atoms with Crippen LogP contribution in [0.1, 0.15) is 36.7 Å². The number of carbonyl (C=O) groups excluding carboxylic acids is 1. The van der Waals surface area contributed by atoms with Crippen LogP contribution in [0, 0.1) is 0 Å². The largest absolute Gasteiger partial charge is 0.349 e. The molecule has 3 aromatic rings. The van der Waals surface area contributed by atoms with Gasteiger partial charge in [-0.2, -0.15) is 0 Å². The first kappa shape index (κ1) is 18.7. The van der Waals surface area contributed by atoms with Gasteiger partial charge in [-0.05, 0) is 24.5 Å². The maximum Gasteiger partial charge on any atom is 0.258 e. The van der Waals surface area contributed by atoms with E-state index in [0.29, 0.717) is 22.2 Å². The fraction of sp³-hybridized carbons (Fsp3) is 0.316. The summed E-state index contributed by atoms with van der Waals surface area (Å²) < 4.78 is 1.52. The van der Waals surface area contributed by atoms with Crippen molar-refractivity contribution >= 4 is 34.0 Å². The molecule has 2 aromatic heterocycles. The molecule has 0 aliphatic carbocycles. The van der Waals surface area contributed by atoms with Gasteiger partial charge >= 0.3 is 0 Å². The molecule has 0 spiro atoms. The fourth-order valence-electron chi connectivity index (χ4n) is 2.62. The van der Waals surface area contributed by atoms with Crippen molar-refractivity contribution in [3.63, 3.8) is 0 Å². The Labute approximate surface area is 160 Å². The number of thiazole rings is 1. The predicted octanol–water partition coefficient (Wildman–Crippen LogP) is 3.43. The van der Waals surface area contributed by atoms with Gasteiger partial charge in [0.1, 0.15) is 0 Å². The van der Waals surface area contributed by atoms with E-state index >= 15 is 0 Å². The molecule has 2 heterocycles. The highest BCUT2D eigenvalue weighted by Gasteiger charge is 2.10. The van der Waals surface area contributed by atoms with Gasteiger partial charge in [-0.1, -0.05) is 31.2 Å². The highest BCUT2D eigenvalue weighted by molar-refractivity contribution is 7.99. The molecule has 0 saturated heterocycles. The van der Waals surface area contributed by atoms with Crippen LogP contribution in [0.4, 0.5) is 0 Å². The molecule has 0 fully saturated rings. The zero-order valence-corrected chi connectivity index (χ0v) is 16.4. The van der Waals surface area contributed by atoms with Crippen LogP contribution >= 0.6 is 23.1 Å². The van der Waals surface area contributed by atoms with Gasteiger partial charge in [0.15, 0.2) is 4.96 Å². The summed E-state index contributed by atoms with van der Waals surface area (Å²) in [5.41, 5.74) is 3.01. The Morgan fingerprint density at radius 1 is 1.35 bits per heavy atom. The summed E-state index contributed by atoms with van der Waals surface area (Å²) in [6, 6.07) is 9.81. The molecule has 26 heavy (non-hydrogen) atoms. The van der Waals surface area contributed by atoms with E-state index in [2.05, 4.69) is 41.5 Å². The number of thioether (sulfide) groups is 1. The highest BCUT2D eigenvalue weighted by atomic mass is 32.2. The number of rotatable bonds is 7. The van der Waals surface area contributed by atoms with Gasteiger partial charge in [0, 0.05) is 23.4 Å². The molecule has 0 aliphatic heterocycles. The lowest BCUT2D eigenvalue weighted by Crippen LogP contribution is -2.28. The Bertz CT molecular complexity index is 947. The van der Waals surface area contributed by atoms with E-state index in [9.17, 15) is 9.59 Å². The molecule has 7 heteroatoms. The summed E-state index contributed by atoms with van der Waals surface area (Å²) in [5, 5.41) is 4.85. The number of benzene rings is 1. The minimum absolute atomic E-state index is 0.0176. The minimum atomic E-state index is -0.0829. The molecule has 0 bridgehead atoms. The normalized spacial score (nSPS) is 12.2. The number of nitrogens with zero attached hydrogens (tertiary/aromatic N) is 2. The summed E-state index contributed by atoms with van der Waals surface area (Å²) in [6.07, 6.45) is 2.72. The zero-order chi connectivity index (χ0) is 18.5. The van der Waals surface area contributed by atoms with Gasteiger partial charge in [0.25, 0.3) is 5.56 Å². The third-order valence-corrected chi connectivity index (χ3v) is 5.83. The third-order valence-electron chi connectivity index (χ3n) is 4.10. The van der Waals surface area contributed by atoms with E-state index < -0.39 is 0 Å². The van der Waals surface area contributed by atoms with E-state index in [0.717, 1.165) is 12.0 Å². The number of hydrogen-bond donors (Lipinski definition) is 1. The van der Waals surface area contributed by atoms with Crippen LogP contribution in [-0.4, -0.2) is 21.0 Å². The van der Waals surface area contributed by atoms with Gasteiger partial charge in [-0.15, -0.1) is 23.1 Å². The average molecular weight is 388 g/mol. The molecule has 3 rings (SSSR count). The zero-order valence-electron chi connectivity index (χ0n) is 14.8. The second-order valence-electron chi connectivity index (χ2n) is 6.02. The monoisotopic (exact) mass is 387 g/mol. The first-order chi connectivity index (χ1) is 12.6. The molecule has 1 atom stereocenters. The number of aryl methyl sites for hydroxylation is 1. The van der Waals surface area contributed by atoms with Crippen LogP contribution in [-0.2, 0) is 17.0 Å². The molecular weight excluding hydrogens is 366 g/mol. The maximum atomic E-state index is 12.2. The average Bonchev–Trinajstić information content (AvgIpc) is 3.11. The van der Waals surface area contributed by atoms with E-state index in [-0.39, 0.29) is 17.5 Å². The van der Waals surface area contributed by atoms with Crippen LogP contribution < -0.4 is 10.9 Å². The van der Waals surface area contributed by atoms with Crippen molar-refractivity contribution in [2.45, 2.75) is 32.1 Å². The Kier molecular flexibility index (Phi) is 6.11. The van der Waals surface area contributed by atoms with Gasteiger partial charge in [0.05, 0.1) is 17.5 Å². The number of amides is 1. The Hall–Kier alpha value is -2.12. The standard InChI is InChI=1S/C19H21N3O2S2/c1-3-14-4-6-15(7-5-14)13(2)20-17(23)12-25-11-16-10-18(24)22-8-9-26-19(22)21-16/h4-10,13H,3,11-12H2,1-2H3,(H,20,23). The van der Waals surface area contributed by atoms with Gasteiger partial charge in [-0.3, -0.25) is 14.0 Å². The first-order valence-electron chi connectivity index (χ1n) is 8.48. The number of hydrogen-bond acceptors (Lipinski definition) is 5. The van der Waals surface area contributed by atoms with Crippen molar-refractivity contribution in [3.05, 3.63) is 69.1 Å². The number of fused-ring (bicyclic) bond motifs is 1. The van der Waals surface area contributed by atoms with E-state index in [1.165, 1.54) is 39.1 Å². The Morgan fingerprint density at radius 3 is 2.85 bits per heavy atom. The number of nitrogens with one attached hydrogen (secondary N) is 1. The first-order valence-corrected chi connectivity index (χ1v) is 10.5. The van der Waals surface area contributed by atoms with Crippen LogP contribution in [0.3, 0.4) is 0 Å². The second-order valence-corrected chi connectivity index (χ2v) is 7.88. The van der Waals surface area contributed by atoms with Gasteiger partial charge < -0.3 is 5.32 Å². The van der Waals surface area contributed by atoms with Crippen molar-refractivity contribution in [2.24, 2.45) is 0 Å². The van der Waals surface area contributed by atoms with Crippen LogP contribution in [0.25, 0.3) is 4.96 Å². The molecule has 1 N–H and O–H groups in total. The van der Waals surface area contributed by atoms with Crippen molar-refractivity contribution in [2.75, 3.05) is 5.75 Å². The SMILES string of the molecule is CCc1ccc(C(C)NC(=O)CSCc2cc(=O)n3ccsc3n2)cc1. The molecule has 0 aliphatic rings. The Morgan fingerprint density at radius 2 is 2.12 bits per heavy atom.